The number of pyridine rings is 1. The molecule has 0 aromatic carbocycles. The van der Waals surface area contributed by atoms with Crippen LogP contribution in [0.4, 0.5) is 23.2 Å². The predicted molar refractivity (Wildman–Crippen MR) is 103 cm³/mol. The molecule has 1 saturated carbocycles. The Kier molecular flexibility index (Phi) is 5.44. The van der Waals surface area contributed by atoms with Crippen LogP contribution < -0.4 is 5.32 Å². The summed E-state index contributed by atoms with van der Waals surface area (Å²) in [6, 6.07) is 3.23. The van der Waals surface area contributed by atoms with E-state index in [1.807, 2.05) is 6.26 Å². The monoisotopic (exact) mass is 430 g/mol. The SMILES string of the molecule is CSc1cc(NC(=O)c2c(C)c(C(C)(F)F)nn2CC2(C)CC(F)(F)C2)ccn1. The smallest absolute Gasteiger partial charge is 0.289 e. The highest BCUT2D eigenvalue weighted by Gasteiger charge is 2.54. The van der Waals surface area contributed by atoms with Crippen molar-refractivity contribution in [3.05, 3.63) is 35.3 Å². The molecule has 3 rings (SSSR count). The number of anilines is 1. The van der Waals surface area contributed by atoms with Gasteiger partial charge in [-0.3, -0.25) is 9.48 Å². The summed E-state index contributed by atoms with van der Waals surface area (Å²) in [4.78, 5) is 17.0. The van der Waals surface area contributed by atoms with E-state index in [2.05, 4.69) is 15.4 Å². The van der Waals surface area contributed by atoms with E-state index in [0.717, 1.165) is 4.68 Å². The Hall–Kier alpha value is -2.10. The third-order valence-electron chi connectivity index (χ3n) is 4.92. The second kappa shape index (κ2) is 7.30. The Balaban J connectivity index is 1.95. The minimum absolute atomic E-state index is 0.0313. The van der Waals surface area contributed by atoms with Crippen molar-refractivity contribution >= 4 is 23.4 Å². The average molecular weight is 430 g/mol. The molecular weight excluding hydrogens is 408 g/mol. The van der Waals surface area contributed by atoms with E-state index in [-0.39, 0.29) is 30.6 Å². The molecule has 158 valence electrons. The molecular formula is C19H22F4N4OS. The highest BCUT2D eigenvalue weighted by atomic mass is 32.2. The van der Waals surface area contributed by atoms with Crippen molar-refractivity contribution < 1.29 is 22.4 Å². The number of thioether (sulfide) groups is 1. The van der Waals surface area contributed by atoms with Crippen LogP contribution >= 0.6 is 11.8 Å². The molecule has 0 atom stereocenters. The molecule has 5 nitrogen and oxygen atoms in total. The van der Waals surface area contributed by atoms with E-state index in [0.29, 0.717) is 17.6 Å². The summed E-state index contributed by atoms with van der Waals surface area (Å²) in [5, 5.41) is 7.29. The first kappa shape index (κ1) is 21.6. The third-order valence-corrected chi connectivity index (χ3v) is 5.57. The van der Waals surface area contributed by atoms with Gasteiger partial charge >= 0.3 is 0 Å². The lowest BCUT2D eigenvalue weighted by atomic mass is 9.67. The normalized spacial score (nSPS) is 17.7. The molecule has 1 fully saturated rings. The molecule has 1 aliphatic carbocycles. The van der Waals surface area contributed by atoms with Crippen molar-refractivity contribution in [3.8, 4) is 0 Å². The Morgan fingerprint density at radius 2 is 2.03 bits per heavy atom. The maximum Gasteiger partial charge on any atom is 0.289 e. The molecule has 2 aromatic heterocycles. The van der Waals surface area contributed by atoms with Crippen LogP contribution in [0.3, 0.4) is 0 Å². The zero-order chi connectivity index (χ0) is 21.6. The van der Waals surface area contributed by atoms with E-state index in [9.17, 15) is 22.4 Å². The van der Waals surface area contributed by atoms with Crippen LogP contribution in [0.2, 0.25) is 0 Å². The summed E-state index contributed by atoms with van der Waals surface area (Å²) < 4.78 is 55.9. The van der Waals surface area contributed by atoms with Gasteiger partial charge in [0.05, 0.1) is 5.03 Å². The number of aromatic nitrogens is 3. The van der Waals surface area contributed by atoms with Gasteiger partial charge in [-0.2, -0.15) is 13.9 Å². The van der Waals surface area contributed by atoms with Gasteiger partial charge in [-0.25, -0.2) is 13.8 Å². The van der Waals surface area contributed by atoms with Crippen LogP contribution in [-0.4, -0.2) is 32.8 Å². The number of hydrogen-bond acceptors (Lipinski definition) is 4. The lowest BCUT2D eigenvalue weighted by molar-refractivity contribution is -0.160. The topological polar surface area (TPSA) is 59.8 Å². The number of amides is 1. The van der Waals surface area contributed by atoms with Crippen LogP contribution in [0.5, 0.6) is 0 Å². The molecule has 0 radical (unpaired) electrons. The molecule has 0 spiro atoms. The van der Waals surface area contributed by atoms with Gasteiger partial charge in [-0.15, -0.1) is 11.8 Å². The molecule has 0 bridgehead atoms. The fourth-order valence-corrected chi connectivity index (χ4v) is 4.24. The molecule has 29 heavy (non-hydrogen) atoms. The Labute approximate surface area is 170 Å². The van der Waals surface area contributed by atoms with Gasteiger partial charge in [-0.1, -0.05) is 6.92 Å². The molecule has 0 aliphatic heterocycles. The first-order chi connectivity index (χ1) is 13.3. The standard InChI is InChI=1S/C19H22F4N4OS/c1-11-14(16(28)25-12-5-6-24-13(7-12)29-4)27(26-15(11)18(3,20)21)10-17(2)8-19(22,23)9-17/h5-7H,8-10H2,1-4H3,(H,24,25,28). The minimum atomic E-state index is -3.27. The number of carbonyl (C=O) groups excluding carboxylic acids is 1. The molecule has 0 unspecified atom stereocenters. The van der Waals surface area contributed by atoms with Crippen LogP contribution in [-0.2, 0) is 12.5 Å². The quantitative estimate of drug-likeness (QED) is 0.511. The van der Waals surface area contributed by atoms with Crippen molar-refractivity contribution in [2.45, 2.75) is 57.0 Å². The molecule has 1 aliphatic rings. The molecule has 10 heteroatoms. The van der Waals surface area contributed by atoms with Crippen LogP contribution in [0.15, 0.2) is 23.4 Å². The highest BCUT2D eigenvalue weighted by Crippen LogP contribution is 2.52. The maximum atomic E-state index is 14.0. The van der Waals surface area contributed by atoms with Gasteiger partial charge in [-0.05, 0) is 30.7 Å². The van der Waals surface area contributed by atoms with Crippen molar-refractivity contribution in [2.24, 2.45) is 5.41 Å². The van der Waals surface area contributed by atoms with Crippen LogP contribution in [0.1, 0.15) is 48.4 Å². The molecule has 0 saturated heterocycles. The summed E-state index contributed by atoms with van der Waals surface area (Å²) in [5.41, 5.74) is -0.922. The summed E-state index contributed by atoms with van der Waals surface area (Å²) >= 11 is 1.39. The number of halogens is 4. The highest BCUT2D eigenvalue weighted by molar-refractivity contribution is 7.98. The second-order valence-corrected chi connectivity index (χ2v) is 8.76. The van der Waals surface area contributed by atoms with E-state index in [1.165, 1.54) is 24.9 Å². The molecule has 1 N–H and O–H groups in total. The fraction of sp³-hybridized carbons (Fsp3) is 0.526. The predicted octanol–water partition coefficient (Wildman–Crippen LogP) is 5.11. The van der Waals surface area contributed by atoms with Gasteiger partial charge in [0.2, 0.25) is 5.92 Å². The van der Waals surface area contributed by atoms with Crippen molar-refractivity contribution in [2.75, 3.05) is 11.6 Å². The molecule has 2 heterocycles. The zero-order valence-corrected chi connectivity index (χ0v) is 17.3. The lowest BCUT2D eigenvalue weighted by Crippen LogP contribution is -2.47. The maximum absolute atomic E-state index is 14.0. The lowest BCUT2D eigenvalue weighted by Gasteiger charge is -2.44. The van der Waals surface area contributed by atoms with E-state index < -0.39 is 28.9 Å². The second-order valence-electron chi connectivity index (χ2n) is 7.93. The number of nitrogens with zero attached hydrogens (tertiary/aromatic N) is 3. The molecule has 1 amide bonds. The van der Waals surface area contributed by atoms with Gasteiger partial charge in [0, 0.05) is 43.8 Å². The van der Waals surface area contributed by atoms with Crippen molar-refractivity contribution in [1.82, 2.24) is 14.8 Å². The van der Waals surface area contributed by atoms with Crippen molar-refractivity contribution in [1.29, 1.82) is 0 Å². The van der Waals surface area contributed by atoms with Gasteiger partial charge in [0.25, 0.3) is 11.8 Å². The van der Waals surface area contributed by atoms with E-state index >= 15 is 0 Å². The number of alkyl halides is 4. The van der Waals surface area contributed by atoms with E-state index in [1.54, 1.807) is 19.1 Å². The number of nitrogens with one attached hydrogen (secondary N) is 1. The average Bonchev–Trinajstić information content (AvgIpc) is 2.89. The first-order valence-electron chi connectivity index (χ1n) is 8.98. The van der Waals surface area contributed by atoms with Gasteiger partial charge in [0.1, 0.15) is 11.4 Å². The summed E-state index contributed by atoms with van der Waals surface area (Å²) in [7, 11) is 0. The van der Waals surface area contributed by atoms with Crippen molar-refractivity contribution in [3.63, 3.8) is 0 Å². The van der Waals surface area contributed by atoms with Crippen LogP contribution in [0, 0.1) is 12.3 Å². The number of hydrogen-bond donors (Lipinski definition) is 1. The number of rotatable bonds is 6. The van der Waals surface area contributed by atoms with E-state index in [4.69, 9.17) is 0 Å². The summed E-state index contributed by atoms with van der Waals surface area (Å²) in [6.07, 6.45) is 2.60. The third kappa shape index (κ3) is 4.57. The van der Waals surface area contributed by atoms with Gasteiger partial charge in [0.15, 0.2) is 0 Å². The zero-order valence-electron chi connectivity index (χ0n) is 16.5. The Morgan fingerprint density at radius 1 is 1.38 bits per heavy atom. The first-order valence-corrected chi connectivity index (χ1v) is 10.2. The largest absolute Gasteiger partial charge is 0.321 e. The summed E-state index contributed by atoms with van der Waals surface area (Å²) in [6.45, 7) is 3.68. The summed E-state index contributed by atoms with van der Waals surface area (Å²) in [5.74, 6) is -6.67. The fourth-order valence-electron chi connectivity index (χ4n) is 3.83. The Bertz CT molecular complexity index is 931. The number of carbonyl (C=O) groups is 1. The Morgan fingerprint density at radius 3 is 2.59 bits per heavy atom. The van der Waals surface area contributed by atoms with Gasteiger partial charge < -0.3 is 5.32 Å². The van der Waals surface area contributed by atoms with Crippen LogP contribution in [0.25, 0.3) is 0 Å². The molecule has 2 aromatic rings. The minimum Gasteiger partial charge on any atom is -0.321 e.